The van der Waals surface area contributed by atoms with Gasteiger partial charge in [0.2, 0.25) is 0 Å². The van der Waals surface area contributed by atoms with Crippen molar-refractivity contribution < 1.29 is 13.9 Å². The number of aromatic nitrogens is 1. The molecule has 1 aromatic heterocycles. The van der Waals surface area contributed by atoms with Gasteiger partial charge in [-0.15, -0.1) is 0 Å². The zero-order valence-electron chi connectivity index (χ0n) is 9.77. The molecule has 2 heterocycles. The van der Waals surface area contributed by atoms with Gasteiger partial charge in [0.1, 0.15) is 6.26 Å². The number of rotatable bonds is 5. The Morgan fingerprint density at radius 1 is 1.76 bits per heavy atom. The highest BCUT2D eigenvalue weighted by atomic mass is 32.2. The van der Waals surface area contributed by atoms with Gasteiger partial charge in [-0.05, 0) is 25.5 Å². The molecule has 0 bridgehead atoms. The molecule has 0 spiro atoms. The molecule has 1 atom stereocenters. The maximum Gasteiger partial charge on any atom is 0.360 e. The second kappa shape index (κ2) is 5.95. The Balaban J connectivity index is 1.83. The van der Waals surface area contributed by atoms with Crippen LogP contribution in [0.1, 0.15) is 30.3 Å². The highest BCUT2D eigenvalue weighted by Gasteiger charge is 2.17. The molecule has 5 nitrogen and oxygen atoms in total. The van der Waals surface area contributed by atoms with Gasteiger partial charge in [0.25, 0.3) is 6.01 Å². The molecule has 1 aliphatic rings. The fourth-order valence-corrected chi connectivity index (χ4v) is 2.86. The van der Waals surface area contributed by atoms with Crippen molar-refractivity contribution in [1.29, 1.82) is 0 Å². The van der Waals surface area contributed by atoms with E-state index in [9.17, 15) is 4.79 Å². The van der Waals surface area contributed by atoms with Crippen molar-refractivity contribution in [3.63, 3.8) is 0 Å². The van der Waals surface area contributed by atoms with E-state index in [0.29, 0.717) is 17.9 Å². The number of hydrogen-bond acceptors (Lipinski definition) is 6. The third kappa shape index (κ3) is 3.39. The number of carbonyl (C=O) groups is 1. The third-order valence-corrected chi connectivity index (χ3v) is 3.89. The number of ether oxygens (including phenoxy) is 1. The topological polar surface area (TPSA) is 64.4 Å². The van der Waals surface area contributed by atoms with Crippen LogP contribution in [0.25, 0.3) is 0 Å². The van der Waals surface area contributed by atoms with Gasteiger partial charge >= 0.3 is 5.97 Å². The first kappa shape index (κ1) is 12.3. The van der Waals surface area contributed by atoms with E-state index in [1.54, 1.807) is 6.92 Å². The molecule has 1 fully saturated rings. The van der Waals surface area contributed by atoms with E-state index in [1.807, 2.05) is 11.8 Å². The second-order valence-corrected chi connectivity index (χ2v) is 5.18. The van der Waals surface area contributed by atoms with Crippen molar-refractivity contribution >= 4 is 23.7 Å². The highest BCUT2D eigenvalue weighted by Crippen LogP contribution is 2.26. The van der Waals surface area contributed by atoms with Crippen LogP contribution in [0.15, 0.2) is 10.7 Å². The molecule has 1 unspecified atom stereocenters. The second-order valence-electron chi connectivity index (χ2n) is 3.77. The zero-order valence-corrected chi connectivity index (χ0v) is 10.6. The van der Waals surface area contributed by atoms with E-state index in [1.165, 1.54) is 24.9 Å². The van der Waals surface area contributed by atoms with Crippen molar-refractivity contribution in [3.8, 4) is 0 Å². The summed E-state index contributed by atoms with van der Waals surface area (Å²) in [7, 11) is 0. The summed E-state index contributed by atoms with van der Waals surface area (Å²) in [4.78, 5) is 15.4. The first-order chi connectivity index (χ1) is 8.29. The van der Waals surface area contributed by atoms with Gasteiger partial charge < -0.3 is 14.5 Å². The number of nitrogens with one attached hydrogen (secondary N) is 1. The van der Waals surface area contributed by atoms with Crippen molar-refractivity contribution in [2.24, 2.45) is 0 Å². The lowest BCUT2D eigenvalue weighted by Crippen LogP contribution is -2.14. The Bertz CT molecular complexity index is 375. The molecule has 0 saturated carbocycles. The Morgan fingerprint density at radius 2 is 2.65 bits per heavy atom. The quantitative estimate of drug-likeness (QED) is 0.814. The van der Waals surface area contributed by atoms with E-state index >= 15 is 0 Å². The summed E-state index contributed by atoms with van der Waals surface area (Å²) >= 11 is 1.96. The smallest absolute Gasteiger partial charge is 0.360 e. The molecule has 1 aromatic rings. The van der Waals surface area contributed by atoms with Gasteiger partial charge in [-0.25, -0.2) is 4.79 Å². The average molecular weight is 256 g/mol. The summed E-state index contributed by atoms with van der Waals surface area (Å²) in [5.41, 5.74) is 0.216. The summed E-state index contributed by atoms with van der Waals surface area (Å²) in [5, 5.41) is 3.72. The highest BCUT2D eigenvalue weighted by molar-refractivity contribution is 8.00. The third-order valence-electron chi connectivity index (χ3n) is 2.49. The van der Waals surface area contributed by atoms with Gasteiger partial charge in [-0.3, -0.25) is 0 Å². The van der Waals surface area contributed by atoms with Crippen LogP contribution in [0.3, 0.4) is 0 Å². The fraction of sp³-hybridized carbons (Fsp3) is 0.636. The van der Waals surface area contributed by atoms with Crippen LogP contribution < -0.4 is 5.32 Å². The molecular formula is C11H16N2O3S. The number of thioether (sulfide) groups is 1. The summed E-state index contributed by atoms with van der Waals surface area (Å²) in [5.74, 6) is 0.783. The molecule has 0 aromatic carbocycles. The summed E-state index contributed by atoms with van der Waals surface area (Å²) in [6.07, 6.45) is 3.82. The van der Waals surface area contributed by atoms with E-state index in [2.05, 4.69) is 10.3 Å². The SMILES string of the molecule is CCOC(=O)c1coc(NCC2CCCS2)n1. The molecule has 94 valence electrons. The molecule has 1 N–H and O–H groups in total. The Morgan fingerprint density at radius 3 is 3.35 bits per heavy atom. The van der Waals surface area contributed by atoms with Crippen molar-refractivity contribution in [3.05, 3.63) is 12.0 Å². The van der Waals surface area contributed by atoms with Crippen LogP contribution in [-0.2, 0) is 4.74 Å². The van der Waals surface area contributed by atoms with E-state index in [4.69, 9.17) is 9.15 Å². The predicted molar refractivity (Wildman–Crippen MR) is 66.4 cm³/mol. The maximum absolute atomic E-state index is 11.3. The summed E-state index contributed by atoms with van der Waals surface area (Å²) < 4.78 is 9.99. The number of carbonyl (C=O) groups excluding carboxylic acids is 1. The summed E-state index contributed by atoms with van der Waals surface area (Å²) in [6.45, 7) is 2.93. The van der Waals surface area contributed by atoms with E-state index in [-0.39, 0.29) is 5.69 Å². The van der Waals surface area contributed by atoms with Crippen molar-refractivity contribution in [2.75, 3.05) is 24.2 Å². The average Bonchev–Trinajstić information content (AvgIpc) is 2.98. The minimum atomic E-state index is -0.445. The minimum absolute atomic E-state index is 0.216. The lowest BCUT2D eigenvalue weighted by molar-refractivity contribution is 0.0519. The fourth-order valence-electron chi connectivity index (χ4n) is 1.66. The monoisotopic (exact) mass is 256 g/mol. The molecule has 6 heteroatoms. The Kier molecular flexibility index (Phi) is 4.30. The molecular weight excluding hydrogens is 240 g/mol. The minimum Gasteiger partial charge on any atom is -0.461 e. The number of oxazole rings is 1. The number of hydrogen-bond donors (Lipinski definition) is 1. The van der Waals surface area contributed by atoms with Gasteiger partial charge in [0.05, 0.1) is 6.61 Å². The number of esters is 1. The number of anilines is 1. The van der Waals surface area contributed by atoms with Crippen LogP contribution in [0, 0.1) is 0 Å². The molecule has 1 saturated heterocycles. The standard InChI is InChI=1S/C11H16N2O3S/c1-2-15-10(14)9-7-16-11(13-9)12-6-8-4-3-5-17-8/h7-8H,2-6H2,1H3,(H,12,13). The maximum atomic E-state index is 11.3. The van der Waals surface area contributed by atoms with Gasteiger partial charge in [-0.1, -0.05) is 0 Å². The van der Waals surface area contributed by atoms with Gasteiger partial charge in [0, 0.05) is 11.8 Å². The van der Waals surface area contributed by atoms with Gasteiger partial charge in [0.15, 0.2) is 5.69 Å². The Hall–Kier alpha value is -1.17. The van der Waals surface area contributed by atoms with Crippen LogP contribution in [0.4, 0.5) is 6.01 Å². The normalized spacial score (nSPS) is 19.2. The predicted octanol–water partition coefficient (Wildman–Crippen LogP) is 2.16. The molecule has 17 heavy (non-hydrogen) atoms. The zero-order chi connectivity index (χ0) is 12.1. The molecule has 0 aliphatic carbocycles. The van der Waals surface area contributed by atoms with Crippen LogP contribution in [0.5, 0.6) is 0 Å². The van der Waals surface area contributed by atoms with Crippen molar-refractivity contribution in [1.82, 2.24) is 4.98 Å². The van der Waals surface area contributed by atoms with Crippen molar-refractivity contribution in [2.45, 2.75) is 25.0 Å². The molecule has 2 rings (SSSR count). The van der Waals surface area contributed by atoms with E-state index in [0.717, 1.165) is 6.54 Å². The molecule has 0 amide bonds. The first-order valence-electron chi connectivity index (χ1n) is 5.77. The van der Waals surface area contributed by atoms with E-state index < -0.39 is 5.97 Å². The lowest BCUT2D eigenvalue weighted by atomic mass is 10.2. The largest absolute Gasteiger partial charge is 0.461 e. The Labute approximate surface area is 104 Å². The first-order valence-corrected chi connectivity index (χ1v) is 6.82. The van der Waals surface area contributed by atoms with Crippen LogP contribution in [-0.4, -0.2) is 35.1 Å². The lowest BCUT2D eigenvalue weighted by Gasteiger charge is -2.07. The van der Waals surface area contributed by atoms with Crippen LogP contribution >= 0.6 is 11.8 Å². The van der Waals surface area contributed by atoms with Gasteiger partial charge in [-0.2, -0.15) is 16.7 Å². The molecule has 1 aliphatic heterocycles. The van der Waals surface area contributed by atoms with Crippen LogP contribution in [0.2, 0.25) is 0 Å². The number of nitrogens with zero attached hydrogens (tertiary/aromatic N) is 1. The summed E-state index contributed by atoms with van der Waals surface area (Å²) in [6, 6.07) is 0.389. The molecule has 0 radical (unpaired) electrons.